The molecule has 2 aromatic rings. The standard InChI is InChI=1S/C11H12Br2N4/c1-2-14-6-8-7-15-16-17(8)11-9(12)4-3-5-10(11)13/h3-5,7,14H,2,6H2,1H3. The minimum absolute atomic E-state index is 0.747. The van der Waals surface area contributed by atoms with Crippen molar-refractivity contribution in [1.29, 1.82) is 0 Å². The number of nitrogens with zero attached hydrogens (tertiary/aromatic N) is 3. The maximum absolute atomic E-state index is 4.13. The first-order valence-electron chi connectivity index (χ1n) is 5.28. The molecule has 1 N–H and O–H groups in total. The normalized spacial score (nSPS) is 10.8. The van der Waals surface area contributed by atoms with Crippen LogP contribution in [0.1, 0.15) is 12.6 Å². The van der Waals surface area contributed by atoms with Crippen molar-refractivity contribution in [1.82, 2.24) is 20.3 Å². The number of rotatable bonds is 4. The monoisotopic (exact) mass is 358 g/mol. The summed E-state index contributed by atoms with van der Waals surface area (Å²) in [5.41, 5.74) is 2.00. The summed E-state index contributed by atoms with van der Waals surface area (Å²) in [7, 11) is 0. The highest BCUT2D eigenvalue weighted by Gasteiger charge is 2.12. The van der Waals surface area contributed by atoms with Crippen LogP contribution < -0.4 is 5.32 Å². The zero-order valence-corrected chi connectivity index (χ0v) is 12.5. The van der Waals surface area contributed by atoms with E-state index < -0.39 is 0 Å². The number of halogens is 2. The number of hydrogen-bond donors (Lipinski definition) is 1. The molecule has 17 heavy (non-hydrogen) atoms. The summed E-state index contributed by atoms with van der Waals surface area (Å²) in [4.78, 5) is 0. The van der Waals surface area contributed by atoms with E-state index in [-0.39, 0.29) is 0 Å². The Morgan fingerprint density at radius 3 is 2.65 bits per heavy atom. The van der Waals surface area contributed by atoms with Gasteiger partial charge in [0.05, 0.1) is 17.6 Å². The van der Waals surface area contributed by atoms with Crippen molar-refractivity contribution >= 4 is 31.9 Å². The van der Waals surface area contributed by atoms with Gasteiger partial charge >= 0.3 is 0 Å². The fraction of sp³-hybridized carbons (Fsp3) is 0.273. The lowest BCUT2D eigenvalue weighted by molar-refractivity contribution is 0.670. The van der Waals surface area contributed by atoms with Gasteiger partial charge in [-0.25, -0.2) is 4.68 Å². The topological polar surface area (TPSA) is 42.7 Å². The van der Waals surface area contributed by atoms with E-state index in [1.807, 2.05) is 22.9 Å². The van der Waals surface area contributed by atoms with Crippen LogP contribution in [0.25, 0.3) is 5.69 Å². The quantitative estimate of drug-likeness (QED) is 0.912. The molecule has 0 saturated heterocycles. The molecule has 0 radical (unpaired) electrons. The first kappa shape index (κ1) is 12.7. The number of nitrogens with one attached hydrogen (secondary N) is 1. The predicted molar refractivity (Wildman–Crippen MR) is 74.1 cm³/mol. The van der Waals surface area contributed by atoms with E-state index in [2.05, 4.69) is 54.4 Å². The van der Waals surface area contributed by atoms with Gasteiger partial charge < -0.3 is 5.32 Å². The van der Waals surface area contributed by atoms with Crippen LogP contribution in [0.15, 0.2) is 33.3 Å². The Balaban J connectivity index is 2.43. The minimum Gasteiger partial charge on any atom is -0.311 e. The summed E-state index contributed by atoms with van der Waals surface area (Å²) >= 11 is 7.06. The second-order valence-electron chi connectivity index (χ2n) is 3.49. The van der Waals surface area contributed by atoms with Gasteiger partial charge in [-0.3, -0.25) is 0 Å². The van der Waals surface area contributed by atoms with Crippen LogP contribution in [0.4, 0.5) is 0 Å². The molecule has 0 spiro atoms. The van der Waals surface area contributed by atoms with Gasteiger partial charge in [-0.2, -0.15) is 0 Å². The van der Waals surface area contributed by atoms with Crippen LogP contribution in [0.2, 0.25) is 0 Å². The molecule has 0 aliphatic heterocycles. The Morgan fingerprint density at radius 2 is 2.00 bits per heavy atom. The average Bonchev–Trinajstić information content (AvgIpc) is 2.74. The number of aromatic nitrogens is 3. The molecule has 90 valence electrons. The molecule has 0 aliphatic rings. The van der Waals surface area contributed by atoms with E-state index in [9.17, 15) is 0 Å². The van der Waals surface area contributed by atoms with E-state index in [0.29, 0.717) is 0 Å². The third-order valence-electron chi connectivity index (χ3n) is 2.33. The van der Waals surface area contributed by atoms with Crippen molar-refractivity contribution in [3.05, 3.63) is 39.0 Å². The molecule has 0 saturated carbocycles. The zero-order valence-electron chi connectivity index (χ0n) is 9.32. The SMILES string of the molecule is CCNCc1cnnn1-c1c(Br)cccc1Br. The van der Waals surface area contributed by atoms with Gasteiger partial charge in [-0.15, -0.1) is 5.10 Å². The molecular formula is C11H12Br2N4. The molecule has 2 rings (SSSR count). The summed E-state index contributed by atoms with van der Waals surface area (Å²) in [5, 5.41) is 11.4. The largest absolute Gasteiger partial charge is 0.311 e. The van der Waals surface area contributed by atoms with Gasteiger partial charge in [0.1, 0.15) is 0 Å². The van der Waals surface area contributed by atoms with Crippen LogP contribution in [-0.4, -0.2) is 21.5 Å². The lowest BCUT2D eigenvalue weighted by Gasteiger charge is -2.10. The van der Waals surface area contributed by atoms with Crippen LogP contribution in [0, 0.1) is 0 Å². The fourth-order valence-corrected chi connectivity index (χ4v) is 2.84. The lowest BCUT2D eigenvalue weighted by atomic mass is 10.3. The molecule has 0 bridgehead atoms. The van der Waals surface area contributed by atoms with Crippen molar-refractivity contribution in [2.24, 2.45) is 0 Å². The van der Waals surface area contributed by atoms with Crippen molar-refractivity contribution < 1.29 is 0 Å². The molecule has 0 atom stereocenters. The van der Waals surface area contributed by atoms with Crippen molar-refractivity contribution in [3.8, 4) is 5.69 Å². The van der Waals surface area contributed by atoms with Crippen LogP contribution in [0.5, 0.6) is 0 Å². The summed E-state index contributed by atoms with van der Waals surface area (Å²) in [6.07, 6.45) is 1.77. The van der Waals surface area contributed by atoms with E-state index >= 15 is 0 Å². The Morgan fingerprint density at radius 1 is 1.29 bits per heavy atom. The smallest absolute Gasteiger partial charge is 0.0951 e. The lowest BCUT2D eigenvalue weighted by Crippen LogP contribution is -2.15. The minimum atomic E-state index is 0.747. The summed E-state index contributed by atoms with van der Waals surface area (Å²) in [6.45, 7) is 3.74. The van der Waals surface area contributed by atoms with Gasteiger partial charge in [0, 0.05) is 15.5 Å². The van der Waals surface area contributed by atoms with Crippen LogP contribution in [-0.2, 0) is 6.54 Å². The average molecular weight is 360 g/mol. The number of para-hydroxylation sites is 1. The first-order chi connectivity index (χ1) is 8.24. The van der Waals surface area contributed by atoms with Crippen LogP contribution in [0.3, 0.4) is 0 Å². The highest BCUT2D eigenvalue weighted by atomic mass is 79.9. The fourth-order valence-electron chi connectivity index (χ4n) is 1.51. The zero-order chi connectivity index (χ0) is 12.3. The molecule has 4 nitrogen and oxygen atoms in total. The van der Waals surface area contributed by atoms with Crippen molar-refractivity contribution in [2.45, 2.75) is 13.5 Å². The molecule has 1 heterocycles. The molecule has 1 aromatic heterocycles. The third-order valence-corrected chi connectivity index (χ3v) is 3.61. The molecule has 0 amide bonds. The maximum atomic E-state index is 4.13. The summed E-state index contributed by atoms with van der Waals surface area (Å²) < 4.78 is 3.79. The maximum Gasteiger partial charge on any atom is 0.0951 e. The molecule has 0 unspecified atom stereocenters. The molecule has 0 fully saturated rings. The molecular weight excluding hydrogens is 348 g/mol. The number of hydrogen-bond acceptors (Lipinski definition) is 3. The van der Waals surface area contributed by atoms with Crippen LogP contribution >= 0.6 is 31.9 Å². The Kier molecular flexibility index (Phi) is 4.31. The highest BCUT2D eigenvalue weighted by molar-refractivity contribution is 9.11. The third kappa shape index (κ3) is 2.75. The predicted octanol–water partition coefficient (Wildman–Crippen LogP) is 2.90. The summed E-state index contributed by atoms with van der Waals surface area (Å²) in [5.74, 6) is 0. The van der Waals surface area contributed by atoms with Crippen molar-refractivity contribution in [3.63, 3.8) is 0 Å². The Hall–Kier alpha value is -0.720. The molecule has 6 heteroatoms. The Labute approximate surface area is 117 Å². The summed E-state index contributed by atoms with van der Waals surface area (Å²) in [6, 6.07) is 5.94. The van der Waals surface area contributed by atoms with Gasteiger partial charge in [0.15, 0.2) is 0 Å². The van der Waals surface area contributed by atoms with E-state index in [0.717, 1.165) is 33.4 Å². The van der Waals surface area contributed by atoms with Gasteiger partial charge in [0.2, 0.25) is 0 Å². The second-order valence-corrected chi connectivity index (χ2v) is 5.20. The highest BCUT2D eigenvalue weighted by Crippen LogP contribution is 2.29. The number of benzene rings is 1. The van der Waals surface area contributed by atoms with Gasteiger partial charge in [-0.1, -0.05) is 18.2 Å². The van der Waals surface area contributed by atoms with Gasteiger partial charge in [0.25, 0.3) is 0 Å². The van der Waals surface area contributed by atoms with E-state index in [1.54, 1.807) is 6.20 Å². The van der Waals surface area contributed by atoms with E-state index in [4.69, 9.17) is 0 Å². The molecule has 0 aliphatic carbocycles. The first-order valence-corrected chi connectivity index (χ1v) is 6.87. The molecule has 1 aromatic carbocycles. The van der Waals surface area contributed by atoms with Gasteiger partial charge in [-0.05, 0) is 50.5 Å². The Bertz CT molecular complexity index is 490. The van der Waals surface area contributed by atoms with E-state index in [1.165, 1.54) is 0 Å². The van der Waals surface area contributed by atoms with Crippen molar-refractivity contribution in [2.75, 3.05) is 6.54 Å². The second kappa shape index (κ2) is 5.75.